The van der Waals surface area contributed by atoms with Crippen LogP contribution in [0, 0.1) is 6.92 Å². The largest absolute Gasteiger partial charge is 0.494 e. The van der Waals surface area contributed by atoms with Gasteiger partial charge in [0.25, 0.3) is 6.47 Å². The zero-order chi connectivity index (χ0) is 9.56. The van der Waals surface area contributed by atoms with Crippen LogP contribution < -0.4 is 4.74 Å². The molecule has 0 saturated heterocycles. The zero-order valence-electron chi connectivity index (χ0n) is 6.70. The van der Waals surface area contributed by atoms with Crippen LogP contribution in [-0.4, -0.2) is 18.7 Å². The van der Waals surface area contributed by atoms with Gasteiger partial charge in [-0.2, -0.15) is 0 Å². The summed E-state index contributed by atoms with van der Waals surface area (Å²) in [6.45, 7) is 1.79. The van der Waals surface area contributed by atoms with E-state index in [1.54, 1.807) is 18.4 Å². The van der Waals surface area contributed by atoms with E-state index in [1.165, 1.54) is 4.88 Å². The molecule has 0 spiro atoms. The van der Waals surface area contributed by atoms with E-state index >= 15 is 0 Å². The first kappa shape index (κ1) is 11.4. The van der Waals surface area contributed by atoms with Crippen LogP contribution in [0.3, 0.4) is 0 Å². The van der Waals surface area contributed by atoms with E-state index in [9.17, 15) is 0 Å². The Hall–Kier alpha value is -0.550. The average Bonchev–Trinajstić information content (AvgIpc) is 2.33. The van der Waals surface area contributed by atoms with E-state index < -0.39 is 0 Å². The molecule has 0 aliphatic heterocycles. The molecule has 0 aliphatic rings. The van der Waals surface area contributed by atoms with Crippen LogP contribution in [0.5, 0.6) is 5.75 Å². The number of thiophene rings is 1. The van der Waals surface area contributed by atoms with Crippen molar-refractivity contribution in [2.75, 3.05) is 7.11 Å². The van der Waals surface area contributed by atoms with Crippen LogP contribution in [0.1, 0.15) is 4.88 Å². The van der Waals surface area contributed by atoms with Gasteiger partial charge in [0.15, 0.2) is 0 Å². The zero-order valence-corrected chi connectivity index (χ0v) is 9.11. The molecule has 12 heavy (non-hydrogen) atoms. The number of carbonyl (C=O) groups is 1. The highest BCUT2D eigenvalue weighted by molar-refractivity contribution is 9.10. The summed E-state index contributed by atoms with van der Waals surface area (Å²) in [5.74, 6) is 0.958. The second-order valence-corrected chi connectivity index (χ2v) is 3.72. The molecule has 68 valence electrons. The van der Waals surface area contributed by atoms with Crippen LogP contribution in [0.2, 0.25) is 0 Å². The van der Waals surface area contributed by atoms with Crippen molar-refractivity contribution in [2.45, 2.75) is 6.92 Å². The van der Waals surface area contributed by atoms with Gasteiger partial charge in [-0.05, 0) is 22.9 Å². The van der Waals surface area contributed by atoms with Crippen LogP contribution in [-0.2, 0) is 4.79 Å². The van der Waals surface area contributed by atoms with Gasteiger partial charge < -0.3 is 9.84 Å². The molecule has 0 unspecified atom stereocenters. The van der Waals surface area contributed by atoms with Gasteiger partial charge in [-0.3, -0.25) is 4.79 Å². The second kappa shape index (κ2) is 6.02. The van der Waals surface area contributed by atoms with E-state index in [4.69, 9.17) is 14.6 Å². The number of halogens is 1. The minimum Gasteiger partial charge on any atom is -0.494 e. The monoisotopic (exact) mass is 252 g/mol. The average molecular weight is 253 g/mol. The molecule has 0 radical (unpaired) electrons. The number of hydrogen-bond donors (Lipinski definition) is 1. The summed E-state index contributed by atoms with van der Waals surface area (Å²) in [7, 11) is 1.68. The van der Waals surface area contributed by atoms with E-state index in [0.717, 1.165) is 10.2 Å². The molecular weight excluding hydrogens is 244 g/mol. The Balaban J connectivity index is 0.000000354. The van der Waals surface area contributed by atoms with E-state index in [0.29, 0.717) is 0 Å². The standard InChI is InChI=1S/C6H7BrOS.CH2O2/c1-4-6(8-2)5(7)3-9-4;2-1-3/h3H,1-2H3;1H,(H,2,3). The summed E-state index contributed by atoms with van der Waals surface area (Å²) in [6.07, 6.45) is 0. The number of methoxy groups -OCH3 is 1. The maximum Gasteiger partial charge on any atom is 0.290 e. The van der Waals surface area contributed by atoms with Gasteiger partial charge in [0.05, 0.1) is 11.6 Å². The van der Waals surface area contributed by atoms with Crippen molar-refractivity contribution in [1.29, 1.82) is 0 Å². The fourth-order valence-electron chi connectivity index (χ4n) is 0.657. The van der Waals surface area contributed by atoms with Gasteiger partial charge >= 0.3 is 0 Å². The first-order chi connectivity index (χ1) is 5.67. The van der Waals surface area contributed by atoms with Gasteiger partial charge in [0.1, 0.15) is 5.75 Å². The molecule has 0 saturated carbocycles. The first-order valence-corrected chi connectivity index (χ1v) is 4.70. The first-order valence-electron chi connectivity index (χ1n) is 3.02. The lowest BCUT2D eigenvalue weighted by Crippen LogP contribution is -1.80. The van der Waals surface area contributed by atoms with Gasteiger partial charge in [-0.25, -0.2) is 0 Å². The van der Waals surface area contributed by atoms with Crippen molar-refractivity contribution in [3.63, 3.8) is 0 Å². The fourth-order valence-corrected chi connectivity index (χ4v) is 2.22. The van der Waals surface area contributed by atoms with Crippen molar-refractivity contribution in [1.82, 2.24) is 0 Å². The van der Waals surface area contributed by atoms with E-state index in [-0.39, 0.29) is 6.47 Å². The lowest BCUT2D eigenvalue weighted by molar-refractivity contribution is -0.122. The van der Waals surface area contributed by atoms with E-state index in [1.807, 2.05) is 12.3 Å². The molecule has 0 aliphatic carbocycles. The van der Waals surface area contributed by atoms with Crippen LogP contribution >= 0.6 is 27.3 Å². The second-order valence-electron chi connectivity index (χ2n) is 1.78. The normalized spacial score (nSPS) is 8.25. The Morgan fingerprint density at radius 2 is 2.25 bits per heavy atom. The van der Waals surface area contributed by atoms with Crippen molar-refractivity contribution in [3.8, 4) is 5.75 Å². The molecule has 0 fully saturated rings. The molecule has 1 aromatic heterocycles. The van der Waals surface area contributed by atoms with Crippen molar-refractivity contribution in [2.24, 2.45) is 0 Å². The highest BCUT2D eigenvalue weighted by atomic mass is 79.9. The molecule has 0 atom stereocenters. The molecule has 0 bridgehead atoms. The SMILES string of the molecule is COc1c(Br)csc1C.O=CO. The number of aryl methyl sites for hydroxylation is 1. The van der Waals surface area contributed by atoms with Gasteiger partial charge in [-0.15, -0.1) is 11.3 Å². The lowest BCUT2D eigenvalue weighted by Gasteiger charge is -1.95. The Morgan fingerprint density at radius 3 is 2.42 bits per heavy atom. The maximum atomic E-state index is 8.36. The van der Waals surface area contributed by atoms with Crippen LogP contribution in [0.4, 0.5) is 0 Å². The highest BCUT2D eigenvalue weighted by Gasteiger charge is 2.03. The summed E-state index contributed by atoms with van der Waals surface area (Å²) in [4.78, 5) is 9.57. The number of ether oxygens (including phenoxy) is 1. The van der Waals surface area contributed by atoms with Crippen LogP contribution in [0.25, 0.3) is 0 Å². The number of hydrogen-bond acceptors (Lipinski definition) is 3. The minimum atomic E-state index is -0.250. The van der Waals surface area contributed by atoms with Gasteiger partial charge in [0, 0.05) is 10.3 Å². The molecule has 1 heterocycles. The van der Waals surface area contributed by atoms with E-state index in [2.05, 4.69) is 15.9 Å². The third-order valence-corrected chi connectivity index (χ3v) is 2.86. The summed E-state index contributed by atoms with van der Waals surface area (Å²) in [5.41, 5.74) is 0. The molecular formula is C7H9BrO3S. The topological polar surface area (TPSA) is 46.5 Å². The molecule has 1 aromatic rings. The molecule has 3 nitrogen and oxygen atoms in total. The predicted octanol–water partition coefficient (Wildman–Crippen LogP) is 2.53. The smallest absolute Gasteiger partial charge is 0.290 e. The summed E-state index contributed by atoms with van der Waals surface area (Å²) in [5, 5.41) is 8.91. The van der Waals surface area contributed by atoms with Crippen molar-refractivity contribution in [3.05, 3.63) is 14.7 Å². The predicted molar refractivity (Wildman–Crippen MR) is 52.0 cm³/mol. The van der Waals surface area contributed by atoms with Crippen molar-refractivity contribution >= 4 is 33.7 Å². The molecule has 1 rings (SSSR count). The molecule has 5 heteroatoms. The van der Waals surface area contributed by atoms with Crippen LogP contribution in [0.15, 0.2) is 9.85 Å². The third kappa shape index (κ3) is 3.23. The Kier molecular flexibility index (Phi) is 5.74. The Bertz CT molecular complexity index is 227. The number of rotatable bonds is 1. The quantitative estimate of drug-likeness (QED) is 0.782. The molecule has 0 amide bonds. The number of carboxylic acid groups (broad SMARTS) is 1. The fraction of sp³-hybridized carbons (Fsp3) is 0.286. The minimum absolute atomic E-state index is 0.250. The Labute approximate surface area is 83.1 Å². The Morgan fingerprint density at radius 1 is 1.75 bits per heavy atom. The van der Waals surface area contributed by atoms with Crippen molar-refractivity contribution < 1.29 is 14.6 Å². The lowest BCUT2D eigenvalue weighted by atomic mass is 10.5. The van der Waals surface area contributed by atoms with Gasteiger partial charge in [-0.1, -0.05) is 0 Å². The highest BCUT2D eigenvalue weighted by Crippen LogP contribution is 2.33. The molecule has 0 aromatic carbocycles. The molecule has 1 N–H and O–H groups in total. The maximum absolute atomic E-state index is 8.36. The summed E-state index contributed by atoms with van der Waals surface area (Å²) < 4.78 is 6.13. The summed E-state index contributed by atoms with van der Waals surface area (Å²) in [6, 6.07) is 0. The summed E-state index contributed by atoms with van der Waals surface area (Å²) >= 11 is 5.05. The third-order valence-electron chi connectivity index (χ3n) is 1.08. The van der Waals surface area contributed by atoms with Gasteiger partial charge in [0.2, 0.25) is 0 Å².